The lowest BCUT2D eigenvalue weighted by Crippen LogP contribution is -2.33. The van der Waals surface area contributed by atoms with E-state index in [1.165, 1.54) is 50.9 Å². The van der Waals surface area contributed by atoms with E-state index in [1.807, 2.05) is 12.4 Å². The molecule has 1 aromatic heterocycles. The van der Waals surface area contributed by atoms with Crippen molar-refractivity contribution in [2.75, 3.05) is 32.8 Å². The average molecular weight is 305 g/mol. The molecule has 1 saturated heterocycles. The van der Waals surface area contributed by atoms with Gasteiger partial charge in [-0.25, -0.2) is 9.97 Å². The van der Waals surface area contributed by atoms with Crippen molar-refractivity contribution >= 4 is 0 Å². The van der Waals surface area contributed by atoms with E-state index in [0.29, 0.717) is 11.8 Å². The predicted molar refractivity (Wildman–Crippen MR) is 90.3 cm³/mol. The molecule has 124 valence electrons. The molecule has 22 heavy (non-hydrogen) atoms. The second kappa shape index (κ2) is 9.21. The minimum Gasteiger partial charge on any atom is -0.382 e. The first-order valence-corrected chi connectivity index (χ1v) is 8.82. The third kappa shape index (κ3) is 5.33. The monoisotopic (exact) mass is 305 g/mol. The third-order valence-electron chi connectivity index (χ3n) is 4.48. The summed E-state index contributed by atoms with van der Waals surface area (Å²) in [5.41, 5.74) is 1.32. The van der Waals surface area contributed by atoms with Crippen LogP contribution in [0.4, 0.5) is 0 Å². The Morgan fingerprint density at radius 2 is 1.86 bits per heavy atom. The van der Waals surface area contributed by atoms with Gasteiger partial charge < -0.3 is 9.64 Å². The fourth-order valence-corrected chi connectivity index (χ4v) is 3.03. The summed E-state index contributed by atoms with van der Waals surface area (Å²) in [5, 5.41) is 0. The first-order valence-electron chi connectivity index (χ1n) is 8.82. The van der Waals surface area contributed by atoms with Crippen LogP contribution in [0.5, 0.6) is 0 Å². The molecule has 2 rings (SSSR count). The number of hydrogen-bond acceptors (Lipinski definition) is 4. The van der Waals surface area contributed by atoms with Gasteiger partial charge in [-0.2, -0.15) is 0 Å². The summed E-state index contributed by atoms with van der Waals surface area (Å²) in [5.74, 6) is 2.00. The van der Waals surface area contributed by atoms with Crippen molar-refractivity contribution in [2.24, 2.45) is 0 Å². The second-order valence-corrected chi connectivity index (χ2v) is 6.55. The van der Waals surface area contributed by atoms with E-state index in [2.05, 4.69) is 35.6 Å². The molecular weight excluding hydrogens is 274 g/mol. The summed E-state index contributed by atoms with van der Waals surface area (Å²) in [6.45, 7) is 11.7. The van der Waals surface area contributed by atoms with Crippen LogP contribution in [0.2, 0.25) is 0 Å². The topological polar surface area (TPSA) is 38.2 Å². The number of rotatable bonds is 8. The number of ether oxygens (including phenoxy) is 1. The largest absolute Gasteiger partial charge is 0.382 e. The van der Waals surface area contributed by atoms with Gasteiger partial charge in [0.2, 0.25) is 0 Å². The van der Waals surface area contributed by atoms with E-state index in [9.17, 15) is 0 Å². The van der Waals surface area contributed by atoms with Gasteiger partial charge >= 0.3 is 0 Å². The molecule has 0 aliphatic carbocycles. The normalized spacial score (nSPS) is 17.3. The second-order valence-electron chi connectivity index (χ2n) is 6.55. The molecule has 0 spiro atoms. The lowest BCUT2D eigenvalue weighted by molar-refractivity contribution is 0.136. The molecule has 0 radical (unpaired) electrons. The number of hydrogen-bond donors (Lipinski definition) is 0. The first kappa shape index (κ1) is 17.4. The van der Waals surface area contributed by atoms with Gasteiger partial charge in [-0.1, -0.05) is 13.8 Å². The number of likely N-dealkylation sites (tertiary alicyclic amines) is 1. The SMILES string of the molecule is CCOCCCCN1CCC(c2cnc(C(C)C)nc2)CC1. The Morgan fingerprint density at radius 1 is 1.18 bits per heavy atom. The fourth-order valence-electron chi connectivity index (χ4n) is 3.03. The van der Waals surface area contributed by atoms with Crippen molar-refractivity contribution in [3.63, 3.8) is 0 Å². The van der Waals surface area contributed by atoms with Gasteiger partial charge in [0.15, 0.2) is 0 Å². The molecule has 2 heterocycles. The molecule has 0 aromatic carbocycles. The molecular formula is C18H31N3O. The number of nitrogens with zero attached hydrogens (tertiary/aromatic N) is 3. The zero-order chi connectivity index (χ0) is 15.8. The maximum absolute atomic E-state index is 5.39. The van der Waals surface area contributed by atoms with E-state index in [0.717, 1.165) is 19.0 Å². The third-order valence-corrected chi connectivity index (χ3v) is 4.48. The smallest absolute Gasteiger partial charge is 0.130 e. The molecule has 0 unspecified atom stereocenters. The maximum Gasteiger partial charge on any atom is 0.130 e. The molecule has 0 amide bonds. The van der Waals surface area contributed by atoms with Crippen molar-refractivity contribution in [3.8, 4) is 0 Å². The van der Waals surface area contributed by atoms with Crippen molar-refractivity contribution < 1.29 is 4.74 Å². The van der Waals surface area contributed by atoms with E-state index < -0.39 is 0 Å². The van der Waals surface area contributed by atoms with Gasteiger partial charge in [0.05, 0.1) is 0 Å². The van der Waals surface area contributed by atoms with E-state index in [4.69, 9.17) is 4.74 Å². The van der Waals surface area contributed by atoms with E-state index >= 15 is 0 Å². The highest BCUT2D eigenvalue weighted by molar-refractivity contribution is 5.13. The minimum absolute atomic E-state index is 0.410. The molecule has 4 heteroatoms. The maximum atomic E-state index is 5.39. The summed E-state index contributed by atoms with van der Waals surface area (Å²) in [6, 6.07) is 0. The van der Waals surface area contributed by atoms with Crippen LogP contribution >= 0.6 is 0 Å². The zero-order valence-corrected chi connectivity index (χ0v) is 14.4. The zero-order valence-electron chi connectivity index (χ0n) is 14.4. The number of piperidine rings is 1. The summed E-state index contributed by atoms with van der Waals surface area (Å²) in [7, 11) is 0. The van der Waals surface area contributed by atoms with Crippen molar-refractivity contribution in [3.05, 3.63) is 23.8 Å². The van der Waals surface area contributed by atoms with Gasteiger partial charge in [0.25, 0.3) is 0 Å². The van der Waals surface area contributed by atoms with Crippen LogP contribution in [0, 0.1) is 0 Å². The molecule has 0 atom stereocenters. The Hall–Kier alpha value is -1.00. The van der Waals surface area contributed by atoms with Gasteiger partial charge in [0, 0.05) is 31.5 Å². The summed E-state index contributed by atoms with van der Waals surface area (Å²) in [4.78, 5) is 11.6. The Balaban J connectivity index is 1.70. The van der Waals surface area contributed by atoms with Gasteiger partial charge in [-0.05, 0) is 63.7 Å². The molecule has 1 fully saturated rings. The van der Waals surface area contributed by atoms with E-state index in [-0.39, 0.29) is 0 Å². The highest BCUT2D eigenvalue weighted by Crippen LogP contribution is 2.27. The van der Waals surface area contributed by atoms with E-state index in [1.54, 1.807) is 0 Å². The highest BCUT2D eigenvalue weighted by atomic mass is 16.5. The highest BCUT2D eigenvalue weighted by Gasteiger charge is 2.20. The van der Waals surface area contributed by atoms with Crippen LogP contribution in [0.1, 0.15) is 69.7 Å². The summed E-state index contributed by atoms with van der Waals surface area (Å²) in [6.07, 6.45) is 8.98. The Kier molecular flexibility index (Phi) is 7.26. The van der Waals surface area contributed by atoms with Crippen LogP contribution < -0.4 is 0 Å². The first-order chi connectivity index (χ1) is 10.7. The fraction of sp³-hybridized carbons (Fsp3) is 0.778. The average Bonchev–Trinajstić information content (AvgIpc) is 2.55. The van der Waals surface area contributed by atoms with Gasteiger partial charge in [-0.15, -0.1) is 0 Å². The number of aromatic nitrogens is 2. The van der Waals surface area contributed by atoms with Crippen LogP contribution in [0.3, 0.4) is 0 Å². The van der Waals surface area contributed by atoms with Gasteiger partial charge in [-0.3, -0.25) is 0 Å². The molecule has 1 aliphatic heterocycles. The van der Waals surface area contributed by atoms with Crippen LogP contribution in [-0.2, 0) is 4.74 Å². The molecule has 4 nitrogen and oxygen atoms in total. The van der Waals surface area contributed by atoms with Crippen LogP contribution in [0.15, 0.2) is 12.4 Å². The summed E-state index contributed by atoms with van der Waals surface area (Å²) < 4.78 is 5.39. The number of unbranched alkanes of at least 4 members (excludes halogenated alkanes) is 1. The van der Waals surface area contributed by atoms with Crippen molar-refractivity contribution in [2.45, 2.75) is 58.3 Å². The standard InChI is InChI=1S/C18H31N3O/c1-4-22-12-6-5-9-21-10-7-16(8-11-21)17-13-19-18(15(2)3)20-14-17/h13-16H,4-12H2,1-3H3. The summed E-state index contributed by atoms with van der Waals surface area (Å²) >= 11 is 0. The molecule has 0 N–H and O–H groups in total. The molecule has 0 bridgehead atoms. The lowest BCUT2D eigenvalue weighted by Gasteiger charge is -2.32. The lowest BCUT2D eigenvalue weighted by atomic mass is 9.91. The van der Waals surface area contributed by atoms with Crippen LogP contribution in [-0.4, -0.2) is 47.7 Å². The quantitative estimate of drug-likeness (QED) is 0.688. The minimum atomic E-state index is 0.410. The molecule has 1 aromatic rings. The van der Waals surface area contributed by atoms with Gasteiger partial charge in [0.1, 0.15) is 5.82 Å². The van der Waals surface area contributed by atoms with Crippen molar-refractivity contribution in [1.29, 1.82) is 0 Å². The Morgan fingerprint density at radius 3 is 2.45 bits per heavy atom. The molecule has 1 aliphatic rings. The van der Waals surface area contributed by atoms with Crippen LogP contribution in [0.25, 0.3) is 0 Å². The Labute approximate surface area is 135 Å². The molecule has 0 saturated carbocycles. The Bertz CT molecular complexity index is 411. The predicted octanol–water partition coefficient (Wildman–Crippen LogP) is 3.60. The van der Waals surface area contributed by atoms with Crippen molar-refractivity contribution in [1.82, 2.24) is 14.9 Å².